The van der Waals surface area contributed by atoms with Crippen molar-refractivity contribution >= 4 is 0 Å². The molecular formula is C16H24. The van der Waals surface area contributed by atoms with Gasteiger partial charge in [0.2, 0.25) is 0 Å². The van der Waals surface area contributed by atoms with Gasteiger partial charge in [0.05, 0.1) is 0 Å². The standard InChI is InChI=1S/C16H24/c1-5-8-9-12-15(4)13-10-14-16(7-3)11-6-2/h5-8,10-12,14H,9,13H2,1-4H3/b8-5-,11-6-,14-10-,15-12+,16-7-. The predicted octanol–water partition coefficient (Wildman–Crippen LogP) is 5.37. The van der Waals surface area contributed by atoms with Crippen LogP contribution in [0.2, 0.25) is 0 Å². The van der Waals surface area contributed by atoms with Crippen LogP contribution in [0.1, 0.15) is 40.5 Å². The predicted molar refractivity (Wildman–Crippen MR) is 75.5 cm³/mol. The monoisotopic (exact) mass is 216 g/mol. The molecule has 0 nitrogen and oxygen atoms in total. The van der Waals surface area contributed by atoms with Crippen molar-refractivity contribution in [3.8, 4) is 0 Å². The molecule has 0 aromatic heterocycles. The van der Waals surface area contributed by atoms with Gasteiger partial charge < -0.3 is 0 Å². The van der Waals surface area contributed by atoms with Gasteiger partial charge >= 0.3 is 0 Å². The Bertz CT molecular complexity index is 309. The minimum atomic E-state index is 1.03. The Balaban J connectivity index is 4.12. The lowest BCUT2D eigenvalue weighted by atomic mass is 10.1. The van der Waals surface area contributed by atoms with E-state index in [1.807, 2.05) is 6.92 Å². The van der Waals surface area contributed by atoms with E-state index in [1.165, 1.54) is 11.1 Å². The Hall–Kier alpha value is -1.30. The Labute approximate surface area is 101 Å². The van der Waals surface area contributed by atoms with Gasteiger partial charge in [-0.1, -0.05) is 54.2 Å². The van der Waals surface area contributed by atoms with Crippen molar-refractivity contribution in [2.75, 3.05) is 0 Å². The van der Waals surface area contributed by atoms with E-state index in [9.17, 15) is 0 Å². The third kappa shape index (κ3) is 8.05. The summed E-state index contributed by atoms with van der Waals surface area (Å²) in [6.45, 7) is 8.34. The average Bonchev–Trinajstić information content (AvgIpc) is 2.28. The fraction of sp³-hybridized carbons (Fsp3) is 0.375. The SMILES string of the molecule is C/C=C\C/C=C(\C)C\C=C/C(/C=C\C)=C\C. The first-order valence-corrected chi connectivity index (χ1v) is 5.97. The summed E-state index contributed by atoms with van der Waals surface area (Å²) in [5, 5.41) is 0. The van der Waals surface area contributed by atoms with Crippen molar-refractivity contribution in [1.82, 2.24) is 0 Å². The highest BCUT2D eigenvalue weighted by Gasteiger charge is 1.85. The van der Waals surface area contributed by atoms with Crippen LogP contribution in [0.4, 0.5) is 0 Å². The molecule has 0 rings (SSSR count). The second-order valence-corrected chi connectivity index (χ2v) is 3.75. The lowest BCUT2D eigenvalue weighted by molar-refractivity contribution is 1.17. The molecule has 0 N–H and O–H groups in total. The molecule has 0 aliphatic carbocycles. The quantitative estimate of drug-likeness (QED) is 0.414. The highest BCUT2D eigenvalue weighted by Crippen LogP contribution is 2.06. The Morgan fingerprint density at radius 1 is 0.938 bits per heavy atom. The van der Waals surface area contributed by atoms with E-state index in [0.29, 0.717) is 0 Å². The van der Waals surface area contributed by atoms with Gasteiger partial charge in [0.1, 0.15) is 0 Å². The van der Waals surface area contributed by atoms with Crippen LogP contribution in [-0.4, -0.2) is 0 Å². The first kappa shape index (κ1) is 14.7. The van der Waals surface area contributed by atoms with Gasteiger partial charge in [0.15, 0.2) is 0 Å². The maximum atomic E-state index is 2.27. The zero-order valence-electron chi connectivity index (χ0n) is 11.0. The van der Waals surface area contributed by atoms with Crippen molar-refractivity contribution in [1.29, 1.82) is 0 Å². The third-order valence-electron chi connectivity index (χ3n) is 2.28. The summed E-state index contributed by atoms with van der Waals surface area (Å²) in [4.78, 5) is 0. The molecule has 0 saturated carbocycles. The van der Waals surface area contributed by atoms with Gasteiger partial charge in [-0.25, -0.2) is 0 Å². The summed E-state index contributed by atoms with van der Waals surface area (Å²) in [7, 11) is 0. The van der Waals surface area contributed by atoms with Crippen LogP contribution in [0.3, 0.4) is 0 Å². The molecule has 0 aromatic rings. The van der Waals surface area contributed by atoms with Crippen LogP contribution < -0.4 is 0 Å². The molecule has 0 aliphatic rings. The fourth-order valence-electron chi connectivity index (χ4n) is 1.31. The van der Waals surface area contributed by atoms with Crippen LogP contribution in [0.25, 0.3) is 0 Å². The van der Waals surface area contributed by atoms with E-state index < -0.39 is 0 Å². The van der Waals surface area contributed by atoms with Crippen LogP contribution in [0.15, 0.2) is 59.8 Å². The fourth-order valence-corrected chi connectivity index (χ4v) is 1.31. The Kier molecular flexibility index (Phi) is 9.39. The molecule has 0 aliphatic heterocycles. The van der Waals surface area contributed by atoms with E-state index in [4.69, 9.17) is 0 Å². The van der Waals surface area contributed by atoms with E-state index in [2.05, 4.69) is 69.4 Å². The molecule has 0 atom stereocenters. The maximum absolute atomic E-state index is 2.27. The van der Waals surface area contributed by atoms with Gasteiger partial charge in [0, 0.05) is 0 Å². The van der Waals surface area contributed by atoms with Crippen LogP contribution in [0, 0.1) is 0 Å². The molecule has 0 amide bonds. The maximum Gasteiger partial charge on any atom is -0.0138 e. The van der Waals surface area contributed by atoms with Crippen molar-refractivity contribution in [2.45, 2.75) is 40.5 Å². The third-order valence-corrected chi connectivity index (χ3v) is 2.28. The summed E-state index contributed by atoms with van der Waals surface area (Å²) in [5.41, 5.74) is 2.69. The summed E-state index contributed by atoms with van der Waals surface area (Å²) in [5.74, 6) is 0. The first-order chi connectivity index (χ1) is 7.74. The summed E-state index contributed by atoms with van der Waals surface area (Å²) in [6.07, 6.45) is 19.3. The van der Waals surface area contributed by atoms with Crippen molar-refractivity contribution in [3.63, 3.8) is 0 Å². The highest BCUT2D eigenvalue weighted by molar-refractivity contribution is 5.30. The molecule has 16 heavy (non-hydrogen) atoms. The topological polar surface area (TPSA) is 0 Å². The molecule has 0 fully saturated rings. The zero-order chi connectivity index (χ0) is 12.2. The van der Waals surface area contributed by atoms with Crippen molar-refractivity contribution in [3.05, 3.63) is 59.8 Å². The molecule has 88 valence electrons. The first-order valence-electron chi connectivity index (χ1n) is 5.97. The van der Waals surface area contributed by atoms with E-state index in [-0.39, 0.29) is 0 Å². The molecule has 0 spiro atoms. The molecule has 0 aromatic carbocycles. The molecule has 0 heteroatoms. The molecule has 0 saturated heterocycles. The zero-order valence-corrected chi connectivity index (χ0v) is 11.0. The highest BCUT2D eigenvalue weighted by atomic mass is 13.9. The van der Waals surface area contributed by atoms with Crippen LogP contribution >= 0.6 is 0 Å². The number of rotatable bonds is 6. The van der Waals surface area contributed by atoms with Gasteiger partial charge in [-0.2, -0.15) is 0 Å². The van der Waals surface area contributed by atoms with Crippen LogP contribution in [-0.2, 0) is 0 Å². The van der Waals surface area contributed by atoms with Gasteiger partial charge in [0.25, 0.3) is 0 Å². The lowest BCUT2D eigenvalue weighted by Gasteiger charge is -1.95. The number of hydrogen-bond donors (Lipinski definition) is 0. The number of hydrogen-bond acceptors (Lipinski definition) is 0. The minimum Gasteiger partial charge on any atom is -0.0914 e. The van der Waals surface area contributed by atoms with E-state index in [1.54, 1.807) is 0 Å². The van der Waals surface area contributed by atoms with E-state index in [0.717, 1.165) is 12.8 Å². The second-order valence-electron chi connectivity index (χ2n) is 3.75. The smallest absolute Gasteiger partial charge is 0.0138 e. The van der Waals surface area contributed by atoms with Crippen molar-refractivity contribution < 1.29 is 0 Å². The van der Waals surface area contributed by atoms with Crippen LogP contribution in [0.5, 0.6) is 0 Å². The molecule has 0 unspecified atom stereocenters. The molecule has 0 bridgehead atoms. The Morgan fingerprint density at radius 2 is 1.69 bits per heavy atom. The second kappa shape index (κ2) is 10.2. The average molecular weight is 216 g/mol. The normalized spacial score (nSPS) is 14.8. The molecule has 0 radical (unpaired) electrons. The van der Waals surface area contributed by atoms with E-state index >= 15 is 0 Å². The largest absolute Gasteiger partial charge is 0.0914 e. The summed E-state index contributed by atoms with van der Waals surface area (Å²) < 4.78 is 0. The minimum absolute atomic E-state index is 1.03. The van der Waals surface area contributed by atoms with Gasteiger partial charge in [-0.3, -0.25) is 0 Å². The van der Waals surface area contributed by atoms with Gasteiger partial charge in [-0.15, -0.1) is 0 Å². The molecular weight excluding hydrogens is 192 g/mol. The van der Waals surface area contributed by atoms with Gasteiger partial charge in [-0.05, 0) is 46.1 Å². The number of allylic oxidation sites excluding steroid dienone is 10. The lowest BCUT2D eigenvalue weighted by Crippen LogP contribution is -1.74. The van der Waals surface area contributed by atoms with Crippen molar-refractivity contribution in [2.24, 2.45) is 0 Å². The summed E-state index contributed by atoms with van der Waals surface area (Å²) >= 11 is 0. The molecule has 0 heterocycles. The Morgan fingerprint density at radius 3 is 2.25 bits per heavy atom. The summed E-state index contributed by atoms with van der Waals surface area (Å²) in [6, 6.07) is 0.